The van der Waals surface area contributed by atoms with Crippen molar-refractivity contribution in [2.24, 2.45) is 0 Å². The highest BCUT2D eigenvalue weighted by atomic mass is 79.9. The molecule has 2 nitrogen and oxygen atoms in total. The Balaban J connectivity index is 3.07. The van der Waals surface area contributed by atoms with Crippen LogP contribution in [-0.2, 0) is 9.84 Å². The van der Waals surface area contributed by atoms with Crippen LogP contribution in [0.1, 0.15) is 6.42 Å². The Kier molecular flexibility index (Phi) is 2.73. The lowest BCUT2D eigenvalue weighted by molar-refractivity contribution is 0.391. The van der Waals surface area contributed by atoms with Crippen molar-refractivity contribution in [2.75, 3.05) is 6.26 Å². The van der Waals surface area contributed by atoms with Crippen LogP contribution in [0.4, 0.5) is 4.39 Å². The van der Waals surface area contributed by atoms with E-state index in [1.807, 2.05) is 0 Å². The van der Waals surface area contributed by atoms with Gasteiger partial charge in [-0.05, 0) is 10.6 Å². The fourth-order valence-corrected chi connectivity index (χ4v) is 2.25. The molecule has 0 aromatic rings. The van der Waals surface area contributed by atoms with Crippen LogP contribution in [0.25, 0.3) is 0 Å². The van der Waals surface area contributed by atoms with Crippen LogP contribution in [0.3, 0.4) is 0 Å². The molecule has 0 aromatic heterocycles. The van der Waals surface area contributed by atoms with Gasteiger partial charge in [-0.15, -0.1) is 0 Å². The third-order valence-corrected chi connectivity index (χ3v) is 3.38. The quantitative estimate of drug-likeness (QED) is 0.717. The summed E-state index contributed by atoms with van der Waals surface area (Å²) in [6.07, 6.45) is 2.58. The molecule has 1 rings (SSSR count). The second-order valence-corrected chi connectivity index (χ2v) is 5.66. The molecule has 0 fully saturated rings. The van der Waals surface area contributed by atoms with Gasteiger partial charge in [-0.3, -0.25) is 0 Å². The van der Waals surface area contributed by atoms with Gasteiger partial charge in [0.2, 0.25) is 0 Å². The van der Waals surface area contributed by atoms with Gasteiger partial charge in [-0.2, -0.15) is 0 Å². The summed E-state index contributed by atoms with van der Waals surface area (Å²) in [5.74, 6) is 0. The molecular formula is C7H8BrFO2S. The summed E-state index contributed by atoms with van der Waals surface area (Å²) in [7, 11) is -3.38. The van der Waals surface area contributed by atoms with Crippen LogP contribution in [0.2, 0.25) is 0 Å². The lowest BCUT2D eigenvalue weighted by atomic mass is 10.2. The molecule has 0 aromatic carbocycles. The van der Waals surface area contributed by atoms with Crippen molar-refractivity contribution in [3.63, 3.8) is 0 Å². The van der Waals surface area contributed by atoms with E-state index in [0.29, 0.717) is 4.48 Å². The minimum absolute atomic E-state index is 0.110. The molecule has 0 aliphatic heterocycles. The SMILES string of the molecule is CS(=O)(=O)C1=CC=C(Br)CC1F. The van der Waals surface area contributed by atoms with Gasteiger partial charge in [0.05, 0.1) is 4.91 Å². The van der Waals surface area contributed by atoms with Crippen LogP contribution in [0, 0.1) is 0 Å². The largest absolute Gasteiger partial charge is 0.241 e. The first kappa shape index (κ1) is 9.92. The van der Waals surface area contributed by atoms with Crippen molar-refractivity contribution < 1.29 is 12.8 Å². The Morgan fingerprint density at radius 3 is 2.58 bits per heavy atom. The van der Waals surface area contributed by atoms with Gasteiger partial charge in [-0.25, -0.2) is 12.8 Å². The van der Waals surface area contributed by atoms with E-state index in [9.17, 15) is 12.8 Å². The predicted molar refractivity (Wildman–Crippen MR) is 49.4 cm³/mol. The first-order chi connectivity index (χ1) is 5.41. The fourth-order valence-electron chi connectivity index (χ4n) is 0.973. The first-order valence-electron chi connectivity index (χ1n) is 3.31. The Morgan fingerprint density at radius 2 is 2.17 bits per heavy atom. The summed E-state index contributed by atoms with van der Waals surface area (Å²) in [6, 6.07) is 0. The first-order valence-corrected chi connectivity index (χ1v) is 6.00. The molecule has 1 unspecified atom stereocenters. The van der Waals surface area contributed by atoms with Crippen molar-refractivity contribution >= 4 is 25.8 Å². The van der Waals surface area contributed by atoms with E-state index >= 15 is 0 Å². The molecule has 5 heteroatoms. The number of rotatable bonds is 1. The monoisotopic (exact) mass is 254 g/mol. The number of hydrogen-bond donors (Lipinski definition) is 0. The van der Waals surface area contributed by atoms with Crippen LogP contribution < -0.4 is 0 Å². The summed E-state index contributed by atoms with van der Waals surface area (Å²) < 4.78 is 35.7. The standard InChI is InChI=1S/C7H8BrFO2S/c1-12(10,11)7-3-2-5(8)4-6(7)9/h2-3,6H,4H2,1H3. The van der Waals surface area contributed by atoms with Crippen LogP contribution in [0.5, 0.6) is 0 Å². The number of alkyl halides is 1. The fraction of sp³-hybridized carbons (Fsp3) is 0.429. The molecule has 0 saturated heterocycles. The maximum Gasteiger partial charge on any atom is 0.174 e. The molecule has 1 aliphatic rings. The molecule has 68 valence electrons. The number of halogens is 2. The van der Waals surface area contributed by atoms with Crippen molar-refractivity contribution in [1.82, 2.24) is 0 Å². The van der Waals surface area contributed by atoms with Crippen LogP contribution >= 0.6 is 15.9 Å². The van der Waals surface area contributed by atoms with Gasteiger partial charge >= 0.3 is 0 Å². The van der Waals surface area contributed by atoms with Gasteiger partial charge in [-0.1, -0.05) is 22.0 Å². The second-order valence-electron chi connectivity index (χ2n) is 2.63. The van der Waals surface area contributed by atoms with E-state index in [1.54, 1.807) is 6.08 Å². The van der Waals surface area contributed by atoms with Gasteiger partial charge in [0.15, 0.2) is 9.84 Å². The average molecular weight is 255 g/mol. The molecule has 12 heavy (non-hydrogen) atoms. The highest BCUT2D eigenvalue weighted by Gasteiger charge is 2.24. The van der Waals surface area contributed by atoms with Crippen molar-refractivity contribution in [2.45, 2.75) is 12.6 Å². The third kappa shape index (κ3) is 2.17. The molecule has 0 spiro atoms. The zero-order chi connectivity index (χ0) is 9.35. The zero-order valence-electron chi connectivity index (χ0n) is 6.42. The molecular weight excluding hydrogens is 247 g/mol. The molecule has 0 N–H and O–H groups in total. The van der Waals surface area contributed by atoms with Gasteiger partial charge < -0.3 is 0 Å². The average Bonchev–Trinajstić information content (AvgIpc) is 1.83. The number of sulfone groups is 1. The lowest BCUT2D eigenvalue weighted by Gasteiger charge is -2.13. The summed E-state index contributed by atoms with van der Waals surface area (Å²) in [5, 5.41) is 0. The molecule has 0 amide bonds. The lowest BCUT2D eigenvalue weighted by Crippen LogP contribution is -2.15. The van der Waals surface area contributed by atoms with E-state index in [2.05, 4.69) is 15.9 Å². The molecule has 1 aliphatic carbocycles. The maximum atomic E-state index is 13.1. The summed E-state index contributed by atoms with van der Waals surface area (Å²) in [6.45, 7) is 0. The number of hydrogen-bond acceptors (Lipinski definition) is 2. The Bertz CT molecular complexity index is 342. The van der Waals surface area contributed by atoms with E-state index in [-0.39, 0.29) is 11.3 Å². The van der Waals surface area contributed by atoms with E-state index in [0.717, 1.165) is 6.26 Å². The van der Waals surface area contributed by atoms with E-state index in [4.69, 9.17) is 0 Å². The van der Waals surface area contributed by atoms with Gasteiger partial charge in [0, 0.05) is 12.7 Å². The van der Waals surface area contributed by atoms with Gasteiger partial charge in [0.1, 0.15) is 6.17 Å². The highest BCUT2D eigenvalue weighted by Crippen LogP contribution is 2.28. The molecule has 0 saturated carbocycles. The minimum Gasteiger partial charge on any atom is -0.241 e. The zero-order valence-corrected chi connectivity index (χ0v) is 8.82. The number of allylic oxidation sites excluding steroid dienone is 4. The smallest absolute Gasteiger partial charge is 0.174 e. The third-order valence-electron chi connectivity index (χ3n) is 1.54. The Morgan fingerprint density at radius 1 is 1.58 bits per heavy atom. The molecule has 0 heterocycles. The summed E-state index contributed by atoms with van der Waals surface area (Å²) >= 11 is 3.10. The van der Waals surface area contributed by atoms with Gasteiger partial charge in [0.25, 0.3) is 0 Å². The summed E-state index contributed by atoms with van der Waals surface area (Å²) in [5.41, 5.74) is 0. The minimum atomic E-state index is -3.38. The predicted octanol–water partition coefficient (Wildman–Crippen LogP) is 1.94. The highest BCUT2D eigenvalue weighted by molar-refractivity contribution is 9.11. The molecule has 1 atom stereocenters. The topological polar surface area (TPSA) is 34.1 Å². The normalized spacial score (nSPS) is 24.8. The van der Waals surface area contributed by atoms with Crippen molar-refractivity contribution in [3.05, 3.63) is 21.5 Å². The van der Waals surface area contributed by atoms with Crippen molar-refractivity contribution in [3.8, 4) is 0 Å². The Hall–Kier alpha value is -0.160. The molecule has 0 radical (unpaired) electrons. The van der Waals surface area contributed by atoms with E-state index in [1.165, 1.54) is 6.08 Å². The maximum absolute atomic E-state index is 13.1. The Labute approximate surface area is 79.2 Å². The van der Waals surface area contributed by atoms with E-state index < -0.39 is 16.0 Å². The van der Waals surface area contributed by atoms with Crippen LogP contribution in [-0.4, -0.2) is 20.8 Å². The molecule has 0 bridgehead atoms. The van der Waals surface area contributed by atoms with Crippen molar-refractivity contribution in [1.29, 1.82) is 0 Å². The summed E-state index contributed by atoms with van der Waals surface area (Å²) in [4.78, 5) is -0.134. The second kappa shape index (κ2) is 3.30. The van der Waals surface area contributed by atoms with Crippen LogP contribution in [0.15, 0.2) is 21.5 Å².